The average molecular weight is 302 g/mol. The Morgan fingerprint density at radius 3 is 2.14 bits per heavy atom. The Balaban J connectivity index is 2.81. The zero-order chi connectivity index (χ0) is 16.8. The highest BCUT2D eigenvalue weighted by atomic mass is 15.2. The molecule has 3 atom stereocenters. The van der Waals surface area contributed by atoms with Gasteiger partial charge in [-0.2, -0.15) is 0 Å². The molecule has 0 aromatic heterocycles. The molecule has 0 saturated carbocycles. The fraction of sp³-hybridized carbons (Fsp3) is 0.714. The van der Waals surface area contributed by atoms with Crippen LogP contribution < -0.4 is 4.90 Å². The summed E-state index contributed by atoms with van der Waals surface area (Å²) >= 11 is 0. The summed E-state index contributed by atoms with van der Waals surface area (Å²) < 4.78 is 0. The molecule has 0 amide bonds. The Bertz CT molecular complexity index is 541. The lowest BCUT2D eigenvalue weighted by Crippen LogP contribution is -2.36. The minimum absolute atomic E-state index is 0.554. The average Bonchev–Trinajstić information content (AvgIpc) is 2.53. The zero-order valence-corrected chi connectivity index (χ0v) is 16.1. The molecule has 124 valence electrons. The topological polar surface area (TPSA) is 3.24 Å². The number of hydrogen-bond donors (Lipinski definition) is 0. The van der Waals surface area contributed by atoms with Gasteiger partial charge in [0.25, 0.3) is 0 Å². The molecule has 0 saturated heterocycles. The van der Waals surface area contributed by atoms with Gasteiger partial charge in [0.1, 0.15) is 0 Å². The molecule has 1 aliphatic heterocycles. The minimum Gasteiger partial charge on any atom is -0.368 e. The van der Waals surface area contributed by atoms with Crippen LogP contribution in [0.3, 0.4) is 0 Å². The monoisotopic (exact) mass is 301 g/mol. The largest absolute Gasteiger partial charge is 0.368 e. The Morgan fingerprint density at radius 2 is 1.64 bits per heavy atom. The van der Waals surface area contributed by atoms with Gasteiger partial charge in [0, 0.05) is 18.3 Å². The maximum atomic E-state index is 2.68. The van der Waals surface area contributed by atoms with Crippen LogP contribution in [-0.2, 0) is 0 Å². The lowest BCUT2D eigenvalue weighted by atomic mass is 9.78. The molecule has 1 heteroatoms. The first-order valence-electron chi connectivity index (χ1n) is 9.07. The van der Waals surface area contributed by atoms with Crippen molar-refractivity contribution in [2.45, 2.75) is 80.2 Å². The third kappa shape index (κ3) is 2.79. The van der Waals surface area contributed by atoms with E-state index in [9.17, 15) is 0 Å². The van der Waals surface area contributed by atoms with Crippen molar-refractivity contribution in [2.24, 2.45) is 11.8 Å². The predicted molar refractivity (Wildman–Crippen MR) is 99.2 cm³/mol. The van der Waals surface area contributed by atoms with Crippen molar-refractivity contribution >= 4 is 5.69 Å². The molecule has 0 bridgehead atoms. The van der Waals surface area contributed by atoms with E-state index in [-0.39, 0.29) is 0 Å². The first-order chi connectivity index (χ1) is 10.2. The molecule has 0 aliphatic carbocycles. The molecule has 0 radical (unpaired) electrons. The standard InChI is InChI=1S/C21H35N/c1-12(2)19-10-14(5)17(8)20-18(9)16(7)15(6)11-22(13(3)4)21(19)20/h10,12-13,15-16,18H,11H2,1-9H3/t15-,16-,18-/m1/s1. The molecule has 2 rings (SSSR count). The van der Waals surface area contributed by atoms with Crippen molar-refractivity contribution in [1.29, 1.82) is 0 Å². The van der Waals surface area contributed by atoms with E-state index in [0.717, 1.165) is 11.8 Å². The quantitative estimate of drug-likeness (QED) is 0.644. The van der Waals surface area contributed by atoms with Crippen molar-refractivity contribution in [3.8, 4) is 0 Å². The number of hydrogen-bond acceptors (Lipinski definition) is 1. The molecular weight excluding hydrogens is 266 g/mol. The van der Waals surface area contributed by atoms with Crippen molar-refractivity contribution in [1.82, 2.24) is 0 Å². The van der Waals surface area contributed by atoms with E-state index in [1.807, 2.05) is 0 Å². The summed E-state index contributed by atoms with van der Waals surface area (Å²) in [5.74, 6) is 2.66. The zero-order valence-electron chi connectivity index (χ0n) is 16.1. The fourth-order valence-corrected chi connectivity index (χ4v) is 4.07. The molecule has 1 heterocycles. The Morgan fingerprint density at radius 1 is 1.05 bits per heavy atom. The van der Waals surface area contributed by atoms with Gasteiger partial charge in [-0.05, 0) is 73.6 Å². The second-order valence-electron chi connectivity index (χ2n) is 8.20. The van der Waals surface area contributed by atoms with Crippen LogP contribution in [0.15, 0.2) is 6.07 Å². The predicted octanol–water partition coefficient (Wildman–Crippen LogP) is 6.03. The summed E-state index contributed by atoms with van der Waals surface area (Å²) in [4.78, 5) is 2.68. The lowest BCUT2D eigenvalue weighted by Gasteiger charge is -2.35. The van der Waals surface area contributed by atoms with Gasteiger partial charge >= 0.3 is 0 Å². The summed E-state index contributed by atoms with van der Waals surface area (Å²) in [6.45, 7) is 22.5. The summed E-state index contributed by atoms with van der Waals surface area (Å²) in [7, 11) is 0. The van der Waals surface area contributed by atoms with E-state index in [0.29, 0.717) is 17.9 Å². The van der Waals surface area contributed by atoms with Crippen molar-refractivity contribution < 1.29 is 0 Å². The van der Waals surface area contributed by atoms with Gasteiger partial charge in [0.2, 0.25) is 0 Å². The molecule has 22 heavy (non-hydrogen) atoms. The maximum Gasteiger partial charge on any atom is 0.0442 e. The van der Waals surface area contributed by atoms with Gasteiger partial charge in [-0.15, -0.1) is 0 Å². The van der Waals surface area contributed by atoms with E-state index in [1.165, 1.54) is 17.7 Å². The van der Waals surface area contributed by atoms with E-state index >= 15 is 0 Å². The van der Waals surface area contributed by atoms with Crippen molar-refractivity contribution in [3.05, 3.63) is 28.3 Å². The molecule has 1 aliphatic rings. The highest BCUT2D eigenvalue weighted by Crippen LogP contribution is 2.46. The second-order valence-corrected chi connectivity index (χ2v) is 8.20. The van der Waals surface area contributed by atoms with Crippen LogP contribution in [0.2, 0.25) is 0 Å². The highest BCUT2D eigenvalue weighted by Gasteiger charge is 2.34. The van der Waals surface area contributed by atoms with E-state index in [4.69, 9.17) is 0 Å². The first kappa shape index (κ1) is 17.4. The number of fused-ring (bicyclic) bond motifs is 1. The van der Waals surface area contributed by atoms with Crippen LogP contribution in [-0.4, -0.2) is 12.6 Å². The minimum atomic E-state index is 0.554. The van der Waals surface area contributed by atoms with E-state index in [2.05, 4.69) is 73.3 Å². The molecule has 0 N–H and O–H groups in total. The SMILES string of the molecule is Cc1cc(C(C)C)c2c(c1C)[C@H](C)[C@H](C)[C@H](C)CN2C(C)C. The van der Waals surface area contributed by atoms with Crippen LogP contribution in [0.5, 0.6) is 0 Å². The summed E-state index contributed by atoms with van der Waals surface area (Å²) in [6, 6.07) is 3.00. The van der Waals surface area contributed by atoms with Crippen LogP contribution in [0.1, 0.15) is 82.6 Å². The van der Waals surface area contributed by atoms with Gasteiger partial charge in [-0.1, -0.05) is 40.7 Å². The highest BCUT2D eigenvalue weighted by molar-refractivity contribution is 5.67. The maximum absolute atomic E-state index is 2.68. The fourth-order valence-electron chi connectivity index (χ4n) is 4.07. The third-order valence-electron chi connectivity index (χ3n) is 6.05. The summed E-state index contributed by atoms with van der Waals surface area (Å²) in [5.41, 5.74) is 7.68. The Labute approximate surface area is 138 Å². The molecule has 0 spiro atoms. The number of rotatable bonds is 2. The first-order valence-corrected chi connectivity index (χ1v) is 9.07. The van der Waals surface area contributed by atoms with Gasteiger partial charge < -0.3 is 4.90 Å². The Hall–Kier alpha value is -0.980. The Kier molecular flexibility index (Phi) is 4.94. The molecule has 1 aromatic carbocycles. The molecule has 1 aromatic rings. The van der Waals surface area contributed by atoms with Gasteiger partial charge in [-0.25, -0.2) is 0 Å². The summed E-state index contributed by atoms with van der Waals surface area (Å²) in [5, 5.41) is 0. The summed E-state index contributed by atoms with van der Waals surface area (Å²) in [6.07, 6.45) is 0. The number of benzene rings is 1. The smallest absolute Gasteiger partial charge is 0.0442 e. The van der Waals surface area contributed by atoms with Gasteiger partial charge in [0.05, 0.1) is 0 Å². The third-order valence-corrected chi connectivity index (χ3v) is 6.05. The molecule has 0 fully saturated rings. The van der Waals surface area contributed by atoms with Crippen molar-refractivity contribution in [3.63, 3.8) is 0 Å². The van der Waals surface area contributed by atoms with Crippen molar-refractivity contribution in [2.75, 3.05) is 11.4 Å². The van der Waals surface area contributed by atoms with Crippen LogP contribution in [0, 0.1) is 25.7 Å². The number of aryl methyl sites for hydroxylation is 1. The van der Waals surface area contributed by atoms with Crippen LogP contribution >= 0.6 is 0 Å². The van der Waals surface area contributed by atoms with E-state index < -0.39 is 0 Å². The number of anilines is 1. The molecule has 1 nitrogen and oxygen atoms in total. The molecule has 0 unspecified atom stereocenters. The normalized spacial score (nSPS) is 25.6. The van der Waals surface area contributed by atoms with E-state index in [1.54, 1.807) is 16.8 Å². The molecular formula is C21H35N. The lowest BCUT2D eigenvalue weighted by molar-refractivity contribution is 0.346. The number of nitrogens with zero attached hydrogens (tertiary/aromatic N) is 1. The van der Waals surface area contributed by atoms with Crippen LogP contribution in [0.25, 0.3) is 0 Å². The van der Waals surface area contributed by atoms with Gasteiger partial charge in [0.15, 0.2) is 0 Å². The van der Waals surface area contributed by atoms with Crippen LogP contribution in [0.4, 0.5) is 5.69 Å². The second kappa shape index (κ2) is 6.26. The van der Waals surface area contributed by atoms with Gasteiger partial charge in [-0.3, -0.25) is 0 Å².